The summed E-state index contributed by atoms with van der Waals surface area (Å²) in [5.41, 5.74) is 4.96. The smallest absolute Gasteiger partial charge is 0.241 e. The van der Waals surface area contributed by atoms with Crippen LogP contribution < -0.4 is 10.4 Å². The number of para-hydroxylation sites is 1. The molecular formula is C12H16N4O2. The molecule has 0 radical (unpaired) electrons. The standard InChI is InChI=1S/C12H16N4O2/c1-12(17-2,18-3)15-16-9-14-13-8-10-6-4-5-7-11(10)16/h4-9,15H,1-3H3. The Morgan fingerprint density at radius 3 is 2.61 bits per heavy atom. The molecule has 1 aromatic rings. The van der Waals surface area contributed by atoms with Crippen LogP contribution in [0.1, 0.15) is 12.5 Å². The number of nitrogens with zero attached hydrogens (tertiary/aromatic N) is 3. The minimum atomic E-state index is -0.941. The van der Waals surface area contributed by atoms with Gasteiger partial charge in [0.05, 0.1) is 11.9 Å². The molecule has 6 nitrogen and oxygen atoms in total. The Balaban J connectivity index is 2.30. The summed E-state index contributed by atoms with van der Waals surface area (Å²) in [4.78, 5) is 0. The number of methoxy groups -OCH3 is 2. The molecule has 96 valence electrons. The Labute approximate surface area is 106 Å². The van der Waals surface area contributed by atoms with Crippen LogP contribution in [0.5, 0.6) is 0 Å². The van der Waals surface area contributed by atoms with Crippen molar-refractivity contribution in [1.29, 1.82) is 0 Å². The number of fused-ring (bicyclic) bond motifs is 1. The molecule has 1 heterocycles. The molecule has 0 unspecified atom stereocenters. The molecule has 1 aromatic carbocycles. The Kier molecular flexibility index (Phi) is 3.71. The first-order valence-corrected chi connectivity index (χ1v) is 5.51. The highest BCUT2D eigenvalue weighted by Gasteiger charge is 2.26. The van der Waals surface area contributed by atoms with Gasteiger partial charge in [-0.15, -0.1) is 5.10 Å². The minimum Gasteiger partial charge on any atom is -0.340 e. The SMILES string of the molecule is COC(C)(NN1C=NN=Cc2ccccc21)OC. The van der Waals surface area contributed by atoms with Gasteiger partial charge in [0.1, 0.15) is 6.34 Å². The highest BCUT2D eigenvalue weighted by atomic mass is 16.7. The summed E-state index contributed by atoms with van der Waals surface area (Å²) in [6.07, 6.45) is 3.27. The van der Waals surface area contributed by atoms with Crippen molar-refractivity contribution in [2.45, 2.75) is 12.8 Å². The maximum absolute atomic E-state index is 5.27. The van der Waals surface area contributed by atoms with Crippen LogP contribution in [-0.4, -0.2) is 32.7 Å². The van der Waals surface area contributed by atoms with Crippen molar-refractivity contribution in [3.05, 3.63) is 29.8 Å². The zero-order chi connectivity index (χ0) is 13.0. The summed E-state index contributed by atoms with van der Waals surface area (Å²) < 4.78 is 10.5. The minimum absolute atomic E-state index is 0.919. The highest BCUT2D eigenvalue weighted by Crippen LogP contribution is 2.19. The van der Waals surface area contributed by atoms with Crippen LogP contribution in [0, 0.1) is 0 Å². The number of hydrazine groups is 1. The summed E-state index contributed by atoms with van der Waals surface area (Å²) >= 11 is 0. The fraction of sp³-hybridized carbons (Fsp3) is 0.333. The van der Waals surface area contributed by atoms with Crippen LogP contribution in [0.4, 0.5) is 5.69 Å². The Morgan fingerprint density at radius 2 is 1.89 bits per heavy atom. The molecule has 18 heavy (non-hydrogen) atoms. The van der Waals surface area contributed by atoms with Gasteiger partial charge in [-0.1, -0.05) is 18.2 Å². The maximum atomic E-state index is 5.27. The highest BCUT2D eigenvalue weighted by molar-refractivity contribution is 5.94. The van der Waals surface area contributed by atoms with Crippen molar-refractivity contribution in [3.63, 3.8) is 0 Å². The summed E-state index contributed by atoms with van der Waals surface area (Å²) in [5.74, 6) is -0.941. The van der Waals surface area contributed by atoms with Gasteiger partial charge >= 0.3 is 0 Å². The van der Waals surface area contributed by atoms with Gasteiger partial charge in [0.15, 0.2) is 0 Å². The molecule has 0 amide bonds. The van der Waals surface area contributed by atoms with Gasteiger partial charge < -0.3 is 9.47 Å². The lowest BCUT2D eigenvalue weighted by molar-refractivity contribution is -0.213. The molecule has 0 spiro atoms. The molecule has 0 fully saturated rings. The zero-order valence-electron chi connectivity index (χ0n) is 10.6. The van der Waals surface area contributed by atoms with E-state index in [0.717, 1.165) is 11.3 Å². The third kappa shape index (κ3) is 2.56. The van der Waals surface area contributed by atoms with E-state index in [9.17, 15) is 0 Å². The number of ether oxygens (including phenoxy) is 2. The van der Waals surface area contributed by atoms with Gasteiger partial charge in [0.25, 0.3) is 0 Å². The van der Waals surface area contributed by atoms with Gasteiger partial charge in [0.2, 0.25) is 5.91 Å². The van der Waals surface area contributed by atoms with Gasteiger partial charge in [-0.25, -0.2) is 0 Å². The third-order valence-corrected chi connectivity index (χ3v) is 2.73. The predicted molar refractivity (Wildman–Crippen MR) is 70.6 cm³/mol. The second-order valence-corrected chi connectivity index (χ2v) is 3.87. The molecule has 1 N–H and O–H groups in total. The average molecular weight is 248 g/mol. The fourth-order valence-corrected chi connectivity index (χ4v) is 1.54. The molecule has 0 atom stereocenters. The second kappa shape index (κ2) is 5.26. The van der Waals surface area contributed by atoms with Gasteiger partial charge in [-0.2, -0.15) is 10.5 Å². The molecule has 6 heteroatoms. The van der Waals surface area contributed by atoms with Crippen molar-refractivity contribution in [2.75, 3.05) is 19.2 Å². The van der Waals surface area contributed by atoms with Crippen molar-refractivity contribution >= 4 is 18.2 Å². The van der Waals surface area contributed by atoms with E-state index in [4.69, 9.17) is 9.47 Å². The zero-order valence-corrected chi connectivity index (χ0v) is 10.6. The summed E-state index contributed by atoms with van der Waals surface area (Å²) in [5, 5.41) is 9.56. The lowest BCUT2D eigenvalue weighted by atomic mass is 10.2. The molecule has 1 aliphatic rings. The average Bonchev–Trinajstić information content (AvgIpc) is 2.61. The first-order chi connectivity index (χ1) is 8.68. The number of anilines is 1. The monoisotopic (exact) mass is 248 g/mol. The Hall–Kier alpha value is -1.76. The summed E-state index contributed by atoms with van der Waals surface area (Å²) in [6, 6.07) is 7.80. The van der Waals surface area contributed by atoms with E-state index in [1.54, 1.807) is 38.7 Å². The number of nitrogens with one attached hydrogen (secondary N) is 1. The largest absolute Gasteiger partial charge is 0.340 e. The van der Waals surface area contributed by atoms with Gasteiger partial charge in [-0.05, 0) is 6.07 Å². The van der Waals surface area contributed by atoms with E-state index in [1.165, 1.54) is 0 Å². The molecule has 0 aliphatic carbocycles. The first kappa shape index (κ1) is 12.7. The maximum Gasteiger partial charge on any atom is 0.241 e. The number of rotatable bonds is 4. The van der Waals surface area contributed by atoms with Crippen molar-refractivity contribution in [3.8, 4) is 0 Å². The van der Waals surface area contributed by atoms with E-state index in [-0.39, 0.29) is 0 Å². The molecule has 0 saturated heterocycles. The lowest BCUT2D eigenvalue weighted by Crippen LogP contribution is -2.55. The van der Waals surface area contributed by atoms with E-state index >= 15 is 0 Å². The quantitative estimate of drug-likeness (QED) is 0.817. The van der Waals surface area contributed by atoms with Crippen LogP contribution >= 0.6 is 0 Å². The Morgan fingerprint density at radius 1 is 1.17 bits per heavy atom. The van der Waals surface area contributed by atoms with E-state index in [1.807, 2.05) is 24.3 Å². The molecule has 0 bridgehead atoms. The van der Waals surface area contributed by atoms with E-state index in [2.05, 4.69) is 15.6 Å². The lowest BCUT2D eigenvalue weighted by Gasteiger charge is -2.33. The van der Waals surface area contributed by atoms with Gasteiger partial charge in [-0.3, -0.25) is 5.01 Å². The topological polar surface area (TPSA) is 58.5 Å². The van der Waals surface area contributed by atoms with Crippen molar-refractivity contribution in [2.24, 2.45) is 10.2 Å². The molecular weight excluding hydrogens is 232 g/mol. The molecule has 0 saturated carbocycles. The molecule has 2 rings (SSSR count). The molecule has 0 aromatic heterocycles. The normalized spacial score (nSPS) is 14.5. The summed E-state index contributed by atoms with van der Waals surface area (Å²) in [7, 11) is 3.13. The predicted octanol–water partition coefficient (Wildman–Crippen LogP) is 1.34. The van der Waals surface area contributed by atoms with Crippen LogP contribution in [-0.2, 0) is 9.47 Å². The van der Waals surface area contributed by atoms with Crippen molar-refractivity contribution in [1.82, 2.24) is 5.43 Å². The van der Waals surface area contributed by atoms with Crippen molar-refractivity contribution < 1.29 is 9.47 Å². The first-order valence-electron chi connectivity index (χ1n) is 5.51. The van der Waals surface area contributed by atoms with Crippen LogP contribution in [0.25, 0.3) is 0 Å². The molecule has 1 aliphatic heterocycles. The third-order valence-electron chi connectivity index (χ3n) is 2.73. The summed E-state index contributed by atoms with van der Waals surface area (Å²) in [6.45, 7) is 1.77. The van der Waals surface area contributed by atoms with Crippen LogP contribution in [0.2, 0.25) is 0 Å². The number of hydrogen-bond donors (Lipinski definition) is 1. The second-order valence-electron chi connectivity index (χ2n) is 3.87. The van der Waals surface area contributed by atoms with Crippen LogP contribution in [0.15, 0.2) is 34.5 Å². The van der Waals surface area contributed by atoms with E-state index in [0.29, 0.717) is 0 Å². The van der Waals surface area contributed by atoms with E-state index < -0.39 is 5.91 Å². The fourth-order valence-electron chi connectivity index (χ4n) is 1.54. The number of benzene rings is 1. The Bertz CT molecular complexity index is 469. The van der Waals surface area contributed by atoms with Gasteiger partial charge in [0, 0.05) is 26.7 Å². The number of hydrogen-bond acceptors (Lipinski definition) is 6. The van der Waals surface area contributed by atoms with Crippen LogP contribution in [0.3, 0.4) is 0 Å².